The van der Waals surface area contributed by atoms with E-state index in [-0.39, 0.29) is 17.7 Å². The highest BCUT2D eigenvalue weighted by molar-refractivity contribution is 5.92. The summed E-state index contributed by atoms with van der Waals surface area (Å²) in [5.74, 6) is 0.114. The summed E-state index contributed by atoms with van der Waals surface area (Å²) in [6.45, 7) is 6.22. The zero-order valence-corrected chi connectivity index (χ0v) is 15.3. The number of carbonyl (C=O) groups excluding carboxylic acids is 2. The number of hydrogen-bond donors (Lipinski definition) is 1. The molecule has 138 valence electrons. The van der Waals surface area contributed by atoms with E-state index in [2.05, 4.69) is 15.0 Å². The molecule has 0 bridgehead atoms. The van der Waals surface area contributed by atoms with Crippen LogP contribution in [0.15, 0.2) is 24.4 Å². The lowest BCUT2D eigenvalue weighted by molar-refractivity contribution is -0.136. The monoisotopic (exact) mass is 355 g/mol. The molecule has 3 heterocycles. The lowest BCUT2D eigenvalue weighted by Crippen LogP contribution is -2.40. The summed E-state index contributed by atoms with van der Waals surface area (Å²) < 4.78 is 4.00. The van der Waals surface area contributed by atoms with Crippen LogP contribution >= 0.6 is 0 Å². The molecule has 4 rings (SSSR count). The molecule has 2 amide bonds. The van der Waals surface area contributed by atoms with Gasteiger partial charge >= 0.3 is 0 Å². The molecule has 2 aromatic heterocycles. The van der Waals surface area contributed by atoms with Crippen molar-refractivity contribution < 1.29 is 9.59 Å². The van der Waals surface area contributed by atoms with Gasteiger partial charge < -0.3 is 14.8 Å². The van der Waals surface area contributed by atoms with Gasteiger partial charge in [0.25, 0.3) is 5.91 Å². The number of fused-ring (bicyclic) bond motifs is 1. The fraction of sp³-hybridized carbons (Fsp3) is 0.526. The highest BCUT2D eigenvalue weighted by atomic mass is 16.2. The number of nitrogens with one attached hydrogen (secondary N) is 1. The Hall–Kier alpha value is -2.57. The van der Waals surface area contributed by atoms with Crippen LogP contribution in [0.25, 0.3) is 0 Å². The largest absolute Gasteiger partial charge is 0.345 e. The van der Waals surface area contributed by atoms with Crippen molar-refractivity contribution >= 4 is 11.8 Å². The number of carbonyl (C=O) groups is 2. The molecular formula is C19H25N5O2. The van der Waals surface area contributed by atoms with Crippen molar-refractivity contribution in [2.75, 3.05) is 6.54 Å². The first-order valence-corrected chi connectivity index (χ1v) is 9.32. The van der Waals surface area contributed by atoms with E-state index in [1.807, 2.05) is 47.8 Å². The van der Waals surface area contributed by atoms with E-state index < -0.39 is 0 Å². The molecule has 0 aromatic carbocycles. The highest BCUT2D eigenvalue weighted by Gasteiger charge is 2.27. The molecule has 0 saturated heterocycles. The Balaban J connectivity index is 1.39. The molecular weight excluding hydrogens is 330 g/mol. The van der Waals surface area contributed by atoms with Gasteiger partial charge in [-0.15, -0.1) is 0 Å². The third kappa shape index (κ3) is 3.25. The number of amides is 2. The highest BCUT2D eigenvalue weighted by Crippen LogP contribution is 2.35. The minimum absolute atomic E-state index is 0.00550. The van der Waals surface area contributed by atoms with Crippen LogP contribution in [0.1, 0.15) is 54.6 Å². The normalized spacial score (nSPS) is 16.7. The summed E-state index contributed by atoms with van der Waals surface area (Å²) in [5.41, 5.74) is 2.57. The third-order valence-electron chi connectivity index (χ3n) is 5.04. The van der Waals surface area contributed by atoms with Gasteiger partial charge in [-0.3, -0.25) is 14.3 Å². The van der Waals surface area contributed by atoms with E-state index in [1.165, 1.54) is 0 Å². The topological polar surface area (TPSA) is 72.2 Å². The quantitative estimate of drug-likeness (QED) is 0.891. The number of hydrogen-bond acceptors (Lipinski definition) is 3. The first-order chi connectivity index (χ1) is 12.5. The van der Waals surface area contributed by atoms with Gasteiger partial charge in [-0.25, -0.2) is 0 Å². The van der Waals surface area contributed by atoms with Crippen LogP contribution in [0.2, 0.25) is 0 Å². The summed E-state index contributed by atoms with van der Waals surface area (Å²) in [5, 5.41) is 7.54. The molecule has 1 aliphatic carbocycles. The van der Waals surface area contributed by atoms with Crippen LogP contribution in [0, 0.1) is 5.92 Å². The minimum atomic E-state index is -0.0653. The fourth-order valence-electron chi connectivity index (χ4n) is 3.48. The summed E-state index contributed by atoms with van der Waals surface area (Å²) in [7, 11) is 0. The predicted octanol–water partition coefficient (Wildman–Crippen LogP) is 1.95. The van der Waals surface area contributed by atoms with Crippen molar-refractivity contribution in [1.29, 1.82) is 0 Å². The molecule has 2 aliphatic rings. The van der Waals surface area contributed by atoms with Crippen molar-refractivity contribution in [2.45, 2.75) is 52.4 Å². The third-order valence-corrected chi connectivity index (χ3v) is 5.04. The lowest BCUT2D eigenvalue weighted by atomic mass is 10.1. The smallest absolute Gasteiger partial charge is 0.268 e. The van der Waals surface area contributed by atoms with Crippen molar-refractivity contribution in [3.05, 3.63) is 41.5 Å². The SMILES string of the molecule is CC(C)C(=O)N1CCn2nc(CNC(=O)c3cccn3C3CC3)cc2C1. The molecule has 7 heteroatoms. The molecule has 0 atom stereocenters. The number of rotatable bonds is 5. The predicted molar refractivity (Wildman–Crippen MR) is 96.4 cm³/mol. The van der Waals surface area contributed by atoms with E-state index in [4.69, 9.17) is 0 Å². The average Bonchev–Trinajstić information content (AvgIpc) is 3.20. The van der Waals surface area contributed by atoms with Crippen molar-refractivity contribution in [2.24, 2.45) is 5.92 Å². The second-order valence-electron chi connectivity index (χ2n) is 7.48. The molecule has 7 nitrogen and oxygen atoms in total. The van der Waals surface area contributed by atoms with E-state index >= 15 is 0 Å². The molecule has 1 fully saturated rings. The minimum Gasteiger partial charge on any atom is -0.345 e. The molecule has 0 radical (unpaired) electrons. The van der Waals surface area contributed by atoms with Gasteiger partial charge in [0.2, 0.25) is 5.91 Å². The first-order valence-electron chi connectivity index (χ1n) is 9.32. The molecule has 0 spiro atoms. The maximum Gasteiger partial charge on any atom is 0.268 e. The fourth-order valence-corrected chi connectivity index (χ4v) is 3.48. The van der Waals surface area contributed by atoms with Gasteiger partial charge in [-0.2, -0.15) is 5.10 Å². The van der Waals surface area contributed by atoms with Crippen molar-refractivity contribution in [3.63, 3.8) is 0 Å². The Morgan fingerprint density at radius 1 is 1.31 bits per heavy atom. The van der Waals surface area contributed by atoms with E-state index in [9.17, 15) is 9.59 Å². The molecule has 26 heavy (non-hydrogen) atoms. The van der Waals surface area contributed by atoms with Gasteiger partial charge in [0, 0.05) is 24.7 Å². The maximum absolute atomic E-state index is 12.5. The molecule has 0 unspecified atom stereocenters. The standard InChI is InChI=1S/C19H25N5O2/c1-13(2)19(26)22-8-9-24-16(12-22)10-14(21-24)11-20-18(25)17-4-3-7-23(17)15-5-6-15/h3-4,7,10,13,15H,5-6,8-9,11-12H2,1-2H3,(H,20,25). The molecule has 2 aromatic rings. The Morgan fingerprint density at radius 2 is 2.12 bits per heavy atom. The van der Waals surface area contributed by atoms with Crippen LogP contribution in [0.4, 0.5) is 0 Å². The second-order valence-corrected chi connectivity index (χ2v) is 7.48. The summed E-state index contributed by atoms with van der Waals surface area (Å²) in [6, 6.07) is 6.25. The summed E-state index contributed by atoms with van der Waals surface area (Å²) in [4.78, 5) is 26.5. The van der Waals surface area contributed by atoms with Crippen LogP contribution < -0.4 is 5.32 Å². The number of aromatic nitrogens is 3. The van der Waals surface area contributed by atoms with E-state index in [0.29, 0.717) is 37.9 Å². The van der Waals surface area contributed by atoms with Crippen molar-refractivity contribution in [3.8, 4) is 0 Å². The van der Waals surface area contributed by atoms with Crippen LogP contribution in [0.5, 0.6) is 0 Å². The Bertz CT molecular complexity index is 831. The van der Waals surface area contributed by atoms with Gasteiger partial charge in [0.15, 0.2) is 0 Å². The van der Waals surface area contributed by atoms with Gasteiger partial charge in [0.05, 0.1) is 31.0 Å². The number of nitrogens with zero attached hydrogens (tertiary/aromatic N) is 4. The first kappa shape index (κ1) is 16.9. The van der Waals surface area contributed by atoms with Crippen molar-refractivity contribution in [1.82, 2.24) is 24.6 Å². The zero-order chi connectivity index (χ0) is 18.3. The molecule has 1 N–H and O–H groups in total. The Morgan fingerprint density at radius 3 is 2.85 bits per heavy atom. The summed E-state index contributed by atoms with van der Waals surface area (Å²) in [6.07, 6.45) is 4.27. The van der Waals surface area contributed by atoms with Gasteiger partial charge in [0.1, 0.15) is 5.69 Å². The lowest BCUT2D eigenvalue weighted by Gasteiger charge is -2.29. The van der Waals surface area contributed by atoms with Crippen LogP contribution in [-0.4, -0.2) is 37.6 Å². The Labute approximate surface area is 153 Å². The van der Waals surface area contributed by atoms with Crippen LogP contribution in [-0.2, 0) is 24.4 Å². The Kier molecular flexibility index (Phi) is 4.30. The average molecular weight is 355 g/mol. The van der Waals surface area contributed by atoms with E-state index in [0.717, 1.165) is 24.2 Å². The van der Waals surface area contributed by atoms with Crippen LogP contribution in [0.3, 0.4) is 0 Å². The maximum atomic E-state index is 12.5. The zero-order valence-electron chi connectivity index (χ0n) is 15.3. The van der Waals surface area contributed by atoms with Gasteiger partial charge in [-0.05, 0) is 31.0 Å². The molecule has 1 saturated carbocycles. The summed E-state index contributed by atoms with van der Waals surface area (Å²) >= 11 is 0. The van der Waals surface area contributed by atoms with Gasteiger partial charge in [-0.1, -0.05) is 13.8 Å². The second kappa shape index (κ2) is 6.63. The molecule has 1 aliphatic heterocycles. The van der Waals surface area contributed by atoms with E-state index in [1.54, 1.807) is 0 Å².